The van der Waals surface area contributed by atoms with Gasteiger partial charge >= 0.3 is 0 Å². The van der Waals surface area contributed by atoms with E-state index in [0.717, 1.165) is 11.1 Å². The molecule has 23 heavy (non-hydrogen) atoms. The molecule has 1 saturated heterocycles. The summed E-state index contributed by atoms with van der Waals surface area (Å²) < 4.78 is 0. The molecule has 0 spiro atoms. The Kier molecular flexibility index (Phi) is 4.90. The summed E-state index contributed by atoms with van der Waals surface area (Å²) >= 11 is 13.6. The van der Waals surface area contributed by atoms with E-state index < -0.39 is 0 Å². The molecule has 0 bridgehead atoms. The molecule has 0 aliphatic carbocycles. The van der Waals surface area contributed by atoms with Crippen molar-refractivity contribution in [3.63, 3.8) is 0 Å². The molecular weight excluding hydrogens is 353 g/mol. The minimum atomic E-state index is -0.284. The van der Waals surface area contributed by atoms with Gasteiger partial charge in [0.25, 0.3) is 0 Å². The van der Waals surface area contributed by atoms with Crippen molar-refractivity contribution in [2.45, 2.75) is 18.6 Å². The van der Waals surface area contributed by atoms with Gasteiger partial charge in [-0.3, -0.25) is 4.79 Å². The topological polar surface area (TPSA) is 54.4 Å². The van der Waals surface area contributed by atoms with Crippen LogP contribution in [0.15, 0.2) is 41.5 Å². The SMILES string of the molecule is Cc1cccnc1/N=C1/NC(=O)C(Cc2cccc(Cl)c2Cl)S1. The van der Waals surface area contributed by atoms with Gasteiger partial charge in [-0.15, -0.1) is 0 Å². The van der Waals surface area contributed by atoms with Crippen LogP contribution < -0.4 is 5.32 Å². The summed E-state index contributed by atoms with van der Waals surface area (Å²) in [5, 5.41) is 4.05. The molecule has 4 nitrogen and oxygen atoms in total. The molecule has 118 valence electrons. The second-order valence-electron chi connectivity index (χ2n) is 5.07. The van der Waals surface area contributed by atoms with E-state index in [9.17, 15) is 4.79 Å². The number of hydrogen-bond acceptors (Lipinski definition) is 4. The van der Waals surface area contributed by atoms with Crippen LogP contribution in [0, 0.1) is 6.92 Å². The number of amides is 1. The minimum absolute atomic E-state index is 0.0848. The van der Waals surface area contributed by atoms with Crippen LogP contribution in [0.1, 0.15) is 11.1 Å². The molecule has 1 aliphatic rings. The number of carbonyl (C=O) groups is 1. The molecule has 1 aliphatic heterocycles. The summed E-state index contributed by atoms with van der Waals surface area (Å²) in [6.45, 7) is 1.93. The summed E-state index contributed by atoms with van der Waals surface area (Å²) in [4.78, 5) is 20.8. The van der Waals surface area contributed by atoms with Crippen LogP contribution in [0.5, 0.6) is 0 Å². The number of rotatable bonds is 3. The number of aliphatic imine (C=N–C) groups is 1. The maximum absolute atomic E-state index is 12.2. The molecule has 1 amide bonds. The van der Waals surface area contributed by atoms with Gasteiger partial charge in [0.2, 0.25) is 5.91 Å². The van der Waals surface area contributed by atoms with E-state index in [4.69, 9.17) is 23.2 Å². The fourth-order valence-electron chi connectivity index (χ4n) is 2.19. The Hall–Kier alpha value is -1.56. The Bertz CT molecular complexity index is 795. The molecule has 0 saturated carbocycles. The quantitative estimate of drug-likeness (QED) is 0.888. The molecule has 1 aromatic heterocycles. The first-order chi connectivity index (χ1) is 11.0. The van der Waals surface area contributed by atoms with Gasteiger partial charge in [-0.2, -0.15) is 0 Å². The largest absolute Gasteiger partial charge is 0.304 e. The van der Waals surface area contributed by atoms with Crippen molar-refractivity contribution >= 4 is 51.9 Å². The van der Waals surface area contributed by atoms with Crippen LogP contribution in [-0.4, -0.2) is 21.3 Å². The molecule has 2 heterocycles. The Morgan fingerprint density at radius 3 is 2.91 bits per heavy atom. The van der Waals surface area contributed by atoms with Gasteiger partial charge in [-0.1, -0.05) is 53.2 Å². The van der Waals surface area contributed by atoms with Crippen LogP contribution in [0.4, 0.5) is 5.82 Å². The van der Waals surface area contributed by atoms with Crippen LogP contribution in [-0.2, 0) is 11.2 Å². The van der Waals surface area contributed by atoms with Crippen LogP contribution in [0.2, 0.25) is 10.0 Å². The number of hydrogen-bond donors (Lipinski definition) is 1. The van der Waals surface area contributed by atoms with Crippen molar-refractivity contribution in [2.24, 2.45) is 4.99 Å². The van der Waals surface area contributed by atoms with Crippen molar-refractivity contribution < 1.29 is 4.79 Å². The van der Waals surface area contributed by atoms with Crippen LogP contribution in [0.3, 0.4) is 0 Å². The van der Waals surface area contributed by atoms with Crippen molar-refractivity contribution in [3.8, 4) is 0 Å². The van der Waals surface area contributed by atoms with Gasteiger partial charge < -0.3 is 5.32 Å². The average molecular weight is 366 g/mol. The molecule has 3 rings (SSSR count). The summed E-state index contributed by atoms with van der Waals surface area (Å²) in [6, 6.07) is 9.21. The van der Waals surface area contributed by atoms with E-state index in [-0.39, 0.29) is 11.2 Å². The fourth-order valence-corrected chi connectivity index (χ4v) is 3.58. The third-order valence-electron chi connectivity index (χ3n) is 3.40. The van der Waals surface area contributed by atoms with Crippen molar-refractivity contribution in [1.82, 2.24) is 10.3 Å². The Labute approximate surface area is 148 Å². The van der Waals surface area contributed by atoms with E-state index in [1.807, 2.05) is 31.2 Å². The predicted octanol–water partition coefficient (Wildman–Crippen LogP) is 4.16. The number of benzene rings is 1. The first-order valence-electron chi connectivity index (χ1n) is 6.95. The van der Waals surface area contributed by atoms with Crippen molar-refractivity contribution in [2.75, 3.05) is 0 Å². The van der Waals surface area contributed by atoms with E-state index in [1.165, 1.54) is 11.8 Å². The van der Waals surface area contributed by atoms with Gasteiger partial charge in [0, 0.05) is 6.20 Å². The smallest absolute Gasteiger partial charge is 0.239 e. The van der Waals surface area contributed by atoms with Gasteiger partial charge in [-0.05, 0) is 36.6 Å². The molecule has 1 atom stereocenters. The Morgan fingerprint density at radius 1 is 1.30 bits per heavy atom. The number of amidine groups is 1. The lowest BCUT2D eigenvalue weighted by molar-refractivity contribution is -0.118. The number of halogens is 2. The Morgan fingerprint density at radius 2 is 2.13 bits per heavy atom. The Balaban J connectivity index is 1.78. The lowest BCUT2D eigenvalue weighted by Gasteiger charge is -2.08. The highest BCUT2D eigenvalue weighted by molar-refractivity contribution is 8.15. The second kappa shape index (κ2) is 6.91. The second-order valence-corrected chi connectivity index (χ2v) is 7.05. The summed E-state index contributed by atoms with van der Waals surface area (Å²) in [6.07, 6.45) is 2.17. The third kappa shape index (κ3) is 3.68. The molecule has 2 aromatic rings. The standard InChI is InChI=1S/C16H13Cl2N3OS/c1-9-4-3-7-19-14(9)20-16-21-15(22)12(23-16)8-10-5-2-6-11(17)13(10)18/h2-7,12H,8H2,1H3,(H,19,20,21,22). The fraction of sp³-hybridized carbons (Fsp3) is 0.188. The van der Waals surface area contributed by atoms with Gasteiger partial charge in [-0.25, -0.2) is 9.98 Å². The normalized spacial score (nSPS) is 19.2. The maximum Gasteiger partial charge on any atom is 0.239 e. The van der Waals surface area contributed by atoms with E-state index in [1.54, 1.807) is 12.3 Å². The number of aryl methyl sites for hydroxylation is 1. The van der Waals surface area contributed by atoms with Gasteiger partial charge in [0.05, 0.1) is 15.3 Å². The van der Waals surface area contributed by atoms with E-state index >= 15 is 0 Å². The van der Waals surface area contributed by atoms with Crippen LogP contribution >= 0.6 is 35.0 Å². The van der Waals surface area contributed by atoms with E-state index in [0.29, 0.717) is 27.5 Å². The molecule has 1 unspecified atom stereocenters. The average Bonchev–Trinajstić information content (AvgIpc) is 2.86. The lowest BCUT2D eigenvalue weighted by atomic mass is 10.1. The number of nitrogens with one attached hydrogen (secondary N) is 1. The molecular formula is C16H13Cl2N3OS. The highest BCUT2D eigenvalue weighted by Crippen LogP contribution is 2.31. The number of thioether (sulfide) groups is 1. The molecule has 7 heteroatoms. The number of aromatic nitrogens is 1. The monoisotopic (exact) mass is 365 g/mol. The summed E-state index contributed by atoms with van der Waals surface area (Å²) in [7, 11) is 0. The van der Waals surface area contributed by atoms with E-state index in [2.05, 4.69) is 15.3 Å². The lowest BCUT2D eigenvalue weighted by Crippen LogP contribution is -2.26. The summed E-state index contributed by atoms with van der Waals surface area (Å²) in [5.41, 5.74) is 1.80. The zero-order valence-corrected chi connectivity index (χ0v) is 14.5. The number of carbonyl (C=O) groups excluding carboxylic acids is 1. The maximum atomic E-state index is 12.2. The van der Waals surface area contributed by atoms with Gasteiger partial charge in [0.1, 0.15) is 0 Å². The van der Waals surface area contributed by atoms with Gasteiger partial charge in [0.15, 0.2) is 11.0 Å². The first-order valence-corrected chi connectivity index (χ1v) is 8.59. The molecule has 1 N–H and O–H groups in total. The third-order valence-corrected chi connectivity index (χ3v) is 5.34. The summed E-state index contributed by atoms with van der Waals surface area (Å²) in [5.74, 6) is 0.523. The molecule has 1 fully saturated rings. The number of nitrogens with zero attached hydrogens (tertiary/aromatic N) is 2. The highest BCUT2D eigenvalue weighted by atomic mass is 35.5. The zero-order valence-electron chi connectivity index (χ0n) is 12.2. The molecule has 1 aromatic carbocycles. The predicted molar refractivity (Wildman–Crippen MR) is 95.8 cm³/mol. The molecule has 0 radical (unpaired) electrons. The minimum Gasteiger partial charge on any atom is -0.304 e. The van der Waals surface area contributed by atoms with Crippen molar-refractivity contribution in [1.29, 1.82) is 0 Å². The highest BCUT2D eigenvalue weighted by Gasteiger charge is 2.31. The first kappa shape index (κ1) is 16.3. The van der Waals surface area contributed by atoms with Crippen LogP contribution in [0.25, 0.3) is 0 Å². The van der Waals surface area contributed by atoms with Crippen molar-refractivity contribution in [3.05, 3.63) is 57.7 Å². The number of pyridine rings is 1. The zero-order chi connectivity index (χ0) is 16.4.